The number of anilines is 1. The molecule has 8 heteroatoms. The third kappa shape index (κ3) is 4.02. The van der Waals surface area contributed by atoms with Crippen molar-refractivity contribution in [2.75, 3.05) is 24.3 Å². The number of sulfone groups is 1. The molecule has 1 aliphatic heterocycles. The fourth-order valence-electron chi connectivity index (χ4n) is 2.60. The Morgan fingerprint density at radius 1 is 1.19 bits per heavy atom. The summed E-state index contributed by atoms with van der Waals surface area (Å²) in [7, 11) is -3.29. The van der Waals surface area contributed by atoms with Crippen molar-refractivity contribution in [3.8, 4) is 0 Å². The first-order valence-electron chi connectivity index (χ1n) is 7.96. The molecular formula is C18H18N2O5S. The average Bonchev–Trinajstić information content (AvgIpc) is 3.05. The minimum absolute atomic E-state index is 0.166. The first kappa shape index (κ1) is 17.9. The van der Waals surface area contributed by atoms with Crippen molar-refractivity contribution >= 4 is 27.5 Å². The lowest BCUT2D eigenvalue weighted by Crippen LogP contribution is -2.25. The van der Waals surface area contributed by atoms with Gasteiger partial charge in [-0.05, 0) is 42.0 Å². The smallest absolute Gasteiger partial charge is 0.414 e. The molecule has 3 rings (SSSR count). The molecule has 0 bridgehead atoms. The van der Waals surface area contributed by atoms with Gasteiger partial charge in [0.05, 0.1) is 11.4 Å². The molecule has 0 unspecified atom stereocenters. The highest BCUT2D eigenvalue weighted by molar-refractivity contribution is 7.90. The van der Waals surface area contributed by atoms with E-state index in [1.54, 1.807) is 0 Å². The van der Waals surface area contributed by atoms with Crippen molar-refractivity contribution in [2.45, 2.75) is 11.4 Å². The zero-order chi connectivity index (χ0) is 18.7. The van der Waals surface area contributed by atoms with Gasteiger partial charge in [0.2, 0.25) is 0 Å². The standard InChI is InChI=1S/C18H18N2O5S/c1-26(23,24)16-7-5-14(6-8-16)17(21)19-12-13-3-2-4-15(11-13)20-9-10-25-18(20)22/h2-8,11H,9-10,12H2,1H3,(H,19,21). The number of ether oxygens (including phenoxy) is 1. The van der Waals surface area contributed by atoms with Crippen LogP contribution in [-0.2, 0) is 21.1 Å². The van der Waals surface area contributed by atoms with Gasteiger partial charge in [0.15, 0.2) is 9.84 Å². The number of hydrogen-bond donors (Lipinski definition) is 1. The van der Waals surface area contributed by atoms with Crippen molar-refractivity contribution in [3.05, 3.63) is 59.7 Å². The Hall–Kier alpha value is -2.87. The molecule has 7 nitrogen and oxygen atoms in total. The summed E-state index contributed by atoms with van der Waals surface area (Å²) in [4.78, 5) is 25.6. The minimum Gasteiger partial charge on any atom is -0.447 e. The normalized spacial score (nSPS) is 14.2. The van der Waals surface area contributed by atoms with Crippen molar-refractivity contribution in [1.29, 1.82) is 0 Å². The highest BCUT2D eigenvalue weighted by atomic mass is 32.2. The van der Waals surface area contributed by atoms with Crippen LogP contribution in [0.5, 0.6) is 0 Å². The predicted octanol–water partition coefficient (Wildman–Crippen LogP) is 1.98. The number of cyclic esters (lactones) is 1. The molecule has 1 heterocycles. The number of carbonyl (C=O) groups is 2. The van der Waals surface area contributed by atoms with Crippen LogP contribution in [0.3, 0.4) is 0 Å². The zero-order valence-corrected chi connectivity index (χ0v) is 15.0. The lowest BCUT2D eigenvalue weighted by atomic mass is 10.1. The Morgan fingerprint density at radius 3 is 2.54 bits per heavy atom. The lowest BCUT2D eigenvalue weighted by molar-refractivity contribution is 0.0950. The number of carbonyl (C=O) groups excluding carboxylic acids is 2. The van der Waals surface area contributed by atoms with E-state index in [2.05, 4.69) is 5.32 Å². The number of nitrogens with one attached hydrogen (secondary N) is 1. The van der Waals surface area contributed by atoms with E-state index in [1.165, 1.54) is 29.2 Å². The molecule has 2 aromatic carbocycles. The molecule has 136 valence electrons. The van der Waals surface area contributed by atoms with Crippen LogP contribution in [0.25, 0.3) is 0 Å². The van der Waals surface area contributed by atoms with E-state index < -0.39 is 9.84 Å². The highest BCUT2D eigenvalue weighted by Crippen LogP contribution is 2.20. The van der Waals surface area contributed by atoms with Crippen LogP contribution in [0.1, 0.15) is 15.9 Å². The van der Waals surface area contributed by atoms with E-state index >= 15 is 0 Å². The zero-order valence-electron chi connectivity index (χ0n) is 14.1. The maximum absolute atomic E-state index is 12.2. The molecule has 1 N–H and O–H groups in total. The van der Waals surface area contributed by atoms with Gasteiger partial charge >= 0.3 is 6.09 Å². The van der Waals surface area contributed by atoms with Crippen molar-refractivity contribution in [2.24, 2.45) is 0 Å². The predicted molar refractivity (Wildman–Crippen MR) is 95.9 cm³/mol. The largest absolute Gasteiger partial charge is 0.447 e. The molecule has 1 fully saturated rings. The van der Waals surface area contributed by atoms with Gasteiger partial charge in [0, 0.05) is 24.1 Å². The van der Waals surface area contributed by atoms with Crippen LogP contribution in [0.2, 0.25) is 0 Å². The third-order valence-electron chi connectivity index (χ3n) is 3.98. The van der Waals surface area contributed by atoms with E-state index in [9.17, 15) is 18.0 Å². The quantitative estimate of drug-likeness (QED) is 0.864. The molecule has 0 saturated carbocycles. The maximum Gasteiger partial charge on any atom is 0.414 e. The SMILES string of the molecule is CS(=O)(=O)c1ccc(C(=O)NCc2cccc(N3CCOC3=O)c2)cc1. The summed E-state index contributed by atoms with van der Waals surface area (Å²) in [5, 5.41) is 2.78. The van der Waals surface area contributed by atoms with E-state index in [1.807, 2.05) is 24.3 Å². The molecule has 2 aromatic rings. The second-order valence-electron chi connectivity index (χ2n) is 5.92. The Bertz CT molecular complexity index is 938. The maximum atomic E-state index is 12.2. The second kappa shape index (κ2) is 7.17. The topological polar surface area (TPSA) is 92.8 Å². The molecule has 26 heavy (non-hydrogen) atoms. The summed E-state index contributed by atoms with van der Waals surface area (Å²) in [5.74, 6) is -0.309. The van der Waals surface area contributed by atoms with Gasteiger partial charge < -0.3 is 10.1 Å². The van der Waals surface area contributed by atoms with Gasteiger partial charge in [-0.3, -0.25) is 9.69 Å². The number of amides is 2. The van der Waals surface area contributed by atoms with E-state index in [-0.39, 0.29) is 23.4 Å². The molecule has 1 aliphatic rings. The fraction of sp³-hybridized carbons (Fsp3) is 0.222. The summed E-state index contributed by atoms with van der Waals surface area (Å²) in [6, 6.07) is 13.0. The van der Waals surface area contributed by atoms with E-state index in [4.69, 9.17) is 4.74 Å². The Morgan fingerprint density at radius 2 is 1.92 bits per heavy atom. The van der Waals surface area contributed by atoms with Gasteiger partial charge in [-0.25, -0.2) is 13.2 Å². The van der Waals surface area contributed by atoms with E-state index in [0.29, 0.717) is 18.7 Å². The third-order valence-corrected chi connectivity index (χ3v) is 5.11. The van der Waals surface area contributed by atoms with Crippen LogP contribution in [0, 0.1) is 0 Å². The first-order chi connectivity index (χ1) is 12.3. The van der Waals surface area contributed by atoms with Crippen LogP contribution >= 0.6 is 0 Å². The molecular weight excluding hydrogens is 356 g/mol. The molecule has 0 radical (unpaired) electrons. The minimum atomic E-state index is -3.29. The Balaban J connectivity index is 1.65. The lowest BCUT2D eigenvalue weighted by Gasteiger charge is -2.14. The molecule has 0 atom stereocenters. The number of rotatable bonds is 5. The second-order valence-corrected chi connectivity index (χ2v) is 7.93. The molecule has 0 spiro atoms. The van der Waals surface area contributed by atoms with Crippen LogP contribution in [0.4, 0.5) is 10.5 Å². The van der Waals surface area contributed by atoms with Crippen molar-refractivity contribution < 1.29 is 22.7 Å². The number of benzene rings is 2. The molecule has 0 aromatic heterocycles. The van der Waals surface area contributed by atoms with Crippen LogP contribution < -0.4 is 10.2 Å². The summed E-state index contributed by atoms with van der Waals surface area (Å²) in [6.07, 6.45) is 0.739. The summed E-state index contributed by atoms with van der Waals surface area (Å²) in [6.45, 7) is 1.15. The molecule has 0 aliphatic carbocycles. The van der Waals surface area contributed by atoms with E-state index in [0.717, 1.165) is 17.5 Å². The van der Waals surface area contributed by atoms with Gasteiger partial charge in [-0.15, -0.1) is 0 Å². The highest BCUT2D eigenvalue weighted by Gasteiger charge is 2.23. The van der Waals surface area contributed by atoms with Gasteiger partial charge in [-0.2, -0.15) is 0 Å². The van der Waals surface area contributed by atoms with Crippen LogP contribution in [0.15, 0.2) is 53.4 Å². The molecule has 2 amide bonds. The van der Waals surface area contributed by atoms with Crippen molar-refractivity contribution in [1.82, 2.24) is 5.32 Å². The van der Waals surface area contributed by atoms with Crippen molar-refractivity contribution in [3.63, 3.8) is 0 Å². The Kier molecular flexibility index (Phi) is 4.94. The van der Waals surface area contributed by atoms with Crippen LogP contribution in [-0.4, -0.2) is 39.8 Å². The monoisotopic (exact) mass is 374 g/mol. The Labute approximate surface area is 151 Å². The summed E-state index contributed by atoms with van der Waals surface area (Å²) < 4.78 is 27.8. The first-order valence-corrected chi connectivity index (χ1v) is 9.85. The van der Waals surface area contributed by atoms with Gasteiger partial charge in [-0.1, -0.05) is 12.1 Å². The van der Waals surface area contributed by atoms with Gasteiger partial charge in [0.1, 0.15) is 6.61 Å². The fourth-order valence-corrected chi connectivity index (χ4v) is 3.23. The summed E-state index contributed by atoms with van der Waals surface area (Å²) in [5.41, 5.74) is 1.93. The average molecular weight is 374 g/mol. The van der Waals surface area contributed by atoms with Gasteiger partial charge in [0.25, 0.3) is 5.91 Å². The molecule has 1 saturated heterocycles. The number of hydrogen-bond acceptors (Lipinski definition) is 5. The number of nitrogens with zero attached hydrogens (tertiary/aromatic N) is 1. The summed E-state index contributed by atoms with van der Waals surface area (Å²) >= 11 is 0.